The van der Waals surface area contributed by atoms with Crippen LogP contribution in [0.3, 0.4) is 0 Å². The molecule has 3 aromatic rings. The molecule has 0 bridgehead atoms. The summed E-state index contributed by atoms with van der Waals surface area (Å²) in [6, 6.07) is 7.57. The SMILES string of the molecule is Cc1cc2c(C)nc(N3CCC(NC[C@@H](C)Oc4cccnc4)CC3)nc2cc1F. The van der Waals surface area contributed by atoms with Crippen LogP contribution in [0.5, 0.6) is 5.75 Å². The van der Waals surface area contributed by atoms with Gasteiger partial charge < -0.3 is 15.0 Å². The Bertz CT molecular complexity index is 1010. The van der Waals surface area contributed by atoms with Gasteiger partial charge in [-0.05, 0) is 57.4 Å². The molecule has 0 spiro atoms. The Labute approximate surface area is 176 Å². The highest BCUT2D eigenvalue weighted by Crippen LogP contribution is 2.24. The summed E-state index contributed by atoms with van der Waals surface area (Å²) in [6.07, 6.45) is 5.54. The van der Waals surface area contributed by atoms with Gasteiger partial charge in [0, 0.05) is 43.3 Å². The zero-order valence-corrected chi connectivity index (χ0v) is 17.7. The van der Waals surface area contributed by atoms with E-state index < -0.39 is 0 Å². The largest absolute Gasteiger partial charge is 0.488 e. The molecule has 1 atom stereocenters. The molecule has 1 N–H and O–H groups in total. The summed E-state index contributed by atoms with van der Waals surface area (Å²) >= 11 is 0. The van der Waals surface area contributed by atoms with E-state index in [1.54, 1.807) is 19.3 Å². The topological polar surface area (TPSA) is 63.2 Å². The monoisotopic (exact) mass is 409 g/mol. The average Bonchev–Trinajstić information content (AvgIpc) is 2.75. The molecule has 0 aliphatic carbocycles. The van der Waals surface area contributed by atoms with Crippen molar-refractivity contribution in [2.45, 2.75) is 45.8 Å². The molecule has 1 aliphatic rings. The van der Waals surface area contributed by atoms with Gasteiger partial charge in [-0.15, -0.1) is 0 Å². The van der Waals surface area contributed by atoms with Crippen LogP contribution in [-0.2, 0) is 0 Å². The summed E-state index contributed by atoms with van der Waals surface area (Å²) in [5.41, 5.74) is 2.18. The third kappa shape index (κ3) is 4.67. The number of rotatable bonds is 6. The first-order valence-corrected chi connectivity index (χ1v) is 10.5. The number of pyridine rings is 1. The highest BCUT2D eigenvalue weighted by molar-refractivity contribution is 5.82. The highest BCUT2D eigenvalue weighted by Gasteiger charge is 2.22. The Hall–Kier alpha value is -2.80. The lowest BCUT2D eigenvalue weighted by Gasteiger charge is -2.33. The van der Waals surface area contributed by atoms with Gasteiger partial charge in [0.2, 0.25) is 5.95 Å². The zero-order chi connectivity index (χ0) is 21.1. The number of ether oxygens (including phenoxy) is 1. The first-order valence-electron chi connectivity index (χ1n) is 10.5. The molecule has 6 nitrogen and oxygen atoms in total. The molecular weight excluding hydrogens is 381 g/mol. The molecule has 1 aromatic carbocycles. The van der Waals surface area contributed by atoms with E-state index in [0.717, 1.165) is 49.3 Å². The molecule has 4 rings (SSSR count). The van der Waals surface area contributed by atoms with E-state index in [1.165, 1.54) is 6.07 Å². The number of hydrogen-bond donors (Lipinski definition) is 1. The van der Waals surface area contributed by atoms with Crippen molar-refractivity contribution in [3.05, 3.63) is 53.7 Å². The molecule has 2 aromatic heterocycles. The van der Waals surface area contributed by atoms with Gasteiger partial charge in [0.1, 0.15) is 17.7 Å². The van der Waals surface area contributed by atoms with Crippen molar-refractivity contribution in [1.82, 2.24) is 20.3 Å². The van der Waals surface area contributed by atoms with E-state index in [1.807, 2.05) is 25.1 Å². The lowest BCUT2D eigenvalue weighted by atomic mass is 10.1. The fourth-order valence-electron chi connectivity index (χ4n) is 3.84. The van der Waals surface area contributed by atoms with Gasteiger partial charge in [-0.25, -0.2) is 14.4 Å². The summed E-state index contributed by atoms with van der Waals surface area (Å²) in [7, 11) is 0. The van der Waals surface area contributed by atoms with Crippen LogP contribution in [0.15, 0.2) is 36.7 Å². The van der Waals surface area contributed by atoms with Crippen LogP contribution in [0.1, 0.15) is 31.0 Å². The second-order valence-corrected chi connectivity index (χ2v) is 8.01. The number of hydrogen-bond acceptors (Lipinski definition) is 6. The van der Waals surface area contributed by atoms with Crippen LogP contribution in [-0.4, -0.2) is 46.7 Å². The maximum atomic E-state index is 14.0. The van der Waals surface area contributed by atoms with E-state index in [2.05, 4.69) is 32.1 Å². The van der Waals surface area contributed by atoms with Crippen molar-refractivity contribution >= 4 is 16.9 Å². The standard InChI is InChI=1S/C23H28FN5O/c1-15-11-20-17(3)27-23(28-22(20)12-21(15)24)29-9-6-18(7-10-29)26-13-16(2)30-19-5-4-8-25-14-19/h4-5,8,11-12,14,16,18,26H,6-7,9-10,13H2,1-3H3/t16-/m1/s1. The first kappa shape index (κ1) is 20.5. The number of fused-ring (bicyclic) bond motifs is 1. The smallest absolute Gasteiger partial charge is 0.226 e. The van der Waals surface area contributed by atoms with Crippen LogP contribution in [0.2, 0.25) is 0 Å². The van der Waals surface area contributed by atoms with Gasteiger partial charge in [0.15, 0.2) is 0 Å². The summed E-state index contributed by atoms with van der Waals surface area (Å²) in [5, 5.41) is 4.52. The Balaban J connectivity index is 1.32. The molecule has 0 unspecified atom stereocenters. The van der Waals surface area contributed by atoms with Crippen LogP contribution in [0.4, 0.5) is 10.3 Å². The third-order valence-electron chi connectivity index (χ3n) is 5.60. The number of piperidine rings is 1. The minimum atomic E-state index is -0.225. The van der Waals surface area contributed by atoms with Gasteiger partial charge in [-0.3, -0.25) is 4.98 Å². The van der Waals surface area contributed by atoms with Crippen molar-refractivity contribution in [1.29, 1.82) is 0 Å². The molecule has 0 amide bonds. The lowest BCUT2D eigenvalue weighted by molar-refractivity contribution is 0.207. The molecule has 158 valence electrons. The fraction of sp³-hybridized carbons (Fsp3) is 0.435. The van der Waals surface area contributed by atoms with Crippen molar-refractivity contribution in [2.24, 2.45) is 0 Å². The van der Waals surface area contributed by atoms with Crippen molar-refractivity contribution < 1.29 is 9.13 Å². The minimum absolute atomic E-state index is 0.0667. The molecule has 30 heavy (non-hydrogen) atoms. The first-order chi connectivity index (χ1) is 14.5. The van der Waals surface area contributed by atoms with E-state index in [9.17, 15) is 4.39 Å². The van der Waals surface area contributed by atoms with Crippen molar-refractivity contribution in [3.8, 4) is 5.75 Å². The molecule has 0 radical (unpaired) electrons. The van der Waals surface area contributed by atoms with Crippen LogP contribution in [0.25, 0.3) is 10.9 Å². The minimum Gasteiger partial charge on any atom is -0.488 e. The average molecular weight is 410 g/mol. The van der Waals surface area contributed by atoms with Gasteiger partial charge in [-0.1, -0.05) is 0 Å². The van der Waals surface area contributed by atoms with Crippen LogP contribution < -0.4 is 15.0 Å². The van der Waals surface area contributed by atoms with E-state index in [4.69, 9.17) is 4.74 Å². The van der Waals surface area contributed by atoms with E-state index in [-0.39, 0.29) is 11.9 Å². The van der Waals surface area contributed by atoms with Gasteiger partial charge in [0.05, 0.1) is 17.4 Å². The maximum Gasteiger partial charge on any atom is 0.226 e. The Morgan fingerprint density at radius 1 is 1.23 bits per heavy atom. The Kier molecular flexibility index (Phi) is 6.08. The zero-order valence-electron chi connectivity index (χ0n) is 17.7. The molecular formula is C23H28FN5O. The van der Waals surface area contributed by atoms with Crippen LogP contribution in [0, 0.1) is 19.7 Å². The summed E-state index contributed by atoms with van der Waals surface area (Å²) in [6.45, 7) is 8.31. The second-order valence-electron chi connectivity index (χ2n) is 8.01. The number of anilines is 1. The highest BCUT2D eigenvalue weighted by atomic mass is 19.1. The Morgan fingerprint density at radius 3 is 2.77 bits per heavy atom. The number of benzene rings is 1. The van der Waals surface area contributed by atoms with Gasteiger partial charge in [-0.2, -0.15) is 0 Å². The summed E-state index contributed by atoms with van der Waals surface area (Å²) < 4.78 is 19.9. The predicted molar refractivity (Wildman–Crippen MR) is 117 cm³/mol. The fourth-order valence-corrected chi connectivity index (χ4v) is 3.84. The molecule has 1 aliphatic heterocycles. The molecule has 3 heterocycles. The number of aromatic nitrogens is 3. The van der Waals surface area contributed by atoms with Crippen LogP contribution >= 0.6 is 0 Å². The number of halogens is 1. The quantitative estimate of drug-likeness (QED) is 0.668. The normalized spacial score (nSPS) is 16.1. The third-order valence-corrected chi connectivity index (χ3v) is 5.60. The van der Waals surface area contributed by atoms with E-state index in [0.29, 0.717) is 23.1 Å². The molecule has 1 saturated heterocycles. The number of nitrogens with zero attached hydrogens (tertiary/aromatic N) is 4. The van der Waals surface area contributed by atoms with Crippen molar-refractivity contribution in [3.63, 3.8) is 0 Å². The second kappa shape index (κ2) is 8.92. The Morgan fingerprint density at radius 2 is 2.03 bits per heavy atom. The molecule has 1 fully saturated rings. The summed E-state index contributed by atoms with van der Waals surface area (Å²) in [5.74, 6) is 1.25. The number of aryl methyl sites for hydroxylation is 2. The van der Waals surface area contributed by atoms with Crippen molar-refractivity contribution in [2.75, 3.05) is 24.5 Å². The molecule has 7 heteroatoms. The maximum absolute atomic E-state index is 14.0. The molecule has 0 saturated carbocycles. The number of nitrogens with one attached hydrogen (secondary N) is 1. The lowest BCUT2D eigenvalue weighted by Crippen LogP contribution is -2.45. The summed E-state index contributed by atoms with van der Waals surface area (Å²) in [4.78, 5) is 15.6. The van der Waals surface area contributed by atoms with Gasteiger partial charge >= 0.3 is 0 Å². The van der Waals surface area contributed by atoms with Gasteiger partial charge in [0.25, 0.3) is 0 Å². The predicted octanol–water partition coefficient (Wildman–Crippen LogP) is 3.81. The van der Waals surface area contributed by atoms with E-state index >= 15 is 0 Å².